The first-order valence-corrected chi connectivity index (χ1v) is 11.5. The molecule has 5 rings (SSSR count). The Morgan fingerprint density at radius 1 is 1.16 bits per heavy atom. The zero-order chi connectivity index (χ0) is 22.8. The molecule has 3 aromatic rings. The van der Waals surface area contributed by atoms with Gasteiger partial charge in [0.15, 0.2) is 0 Å². The number of hydrogen-bond acceptors (Lipinski definition) is 3. The first kappa shape index (κ1) is 21.3. The van der Waals surface area contributed by atoms with Crippen LogP contribution in [0.3, 0.4) is 0 Å². The van der Waals surface area contributed by atoms with Gasteiger partial charge in [-0.25, -0.2) is 4.98 Å². The molecule has 1 aromatic carbocycles. The Balaban J connectivity index is 1.74. The Kier molecular flexibility index (Phi) is 4.98. The Labute approximate surface area is 186 Å². The van der Waals surface area contributed by atoms with Crippen LogP contribution in [0.15, 0.2) is 24.3 Å². The molecular weight excluding hydrogens is 413 g/mol. The number of halogens is 3. The lowest BCUT2D eigenvalue weighted by molar-refractivity contribution is -0.137. The fraction of sp³-hybridized carbons (Fsp3) is 0.520. The molecule has 0 unspecified atom stereocenters. The number of anilines is 1. The zero-order valence-corrected chi connectivity index (χ0v) is 19.0. The number of rotatable bonds is 5. The number of aryl methyl sites for hydroxylation is 1. The third kappa shape index (κ3) is 3.55. The zero-order valence-electron chi connectivity index (χ0n) is 19.0. The molecule has 1 atom stereocenters. The summed E-state index contributed by atoms with van der Waals surface area (Å²) in [6, 6.07) is 6.98. The normalized spacial score (nSPS) is 18.8. The summed E-state index contributed by atoms with van der Waals surface area (Å²) in [5.74, 6) is 0.719. The summed E-state index contributed by atoms with van der Waals surface area (Å²) < 4.78 is 44.2. The SMILES string of the molecule is CC[C@H]1Cn2nc(-c3ccc(C(C)C)cc3C(F)(F)F)c3nc(C)cc(c32)N1CC1CC1. The first-order valence-electron chi connectivity index (χ1n) is 11.5. The van der Waals surface area contributed by atoms with Crippen LogP contribution in [0.4, 0.5) is 18.9 Å². The monoisotopic (exact) mass is 442 g/mol. The van der Waals surface area contributed by atoms with Gasteiger partial charge in [-0.05, 0) is 55.7 Å². The van der Waals surface area contributed by atoms with Crippen molar-refractivity contribution in [2.45, 2.75) is 71.6 Å². The maximum atomic E-state index is 14.1. The minimum absolute atomic E-state index is 0.00908. The Morgan fingerprint density at radius 3 is 2.53 bits per heavy atom. The molecule has 2 aromatic heterocycles. The van der Waals surface area contributed by atoms with E-state index in [0.717, 1.165) is 29.9 Å². The third-order valence-electron chi connectivity index (χ3n) is 6.83. The van der Waals surface area contributed by atoms with Crippen molar-refractivity contribution in [1.29, 1.82) is 0 Å². The van der Waals surface area contributed by atoms with E-state index in [1.807, 2.05) is 25.5 Å². The number of alkyl halides is 3. The molecule has 0 radical (unpaired) electrons. The van der Waals surface area contributed by atoms with Crippen LogP contribution in [0.2, 0.25) is 0 Å². The third-order valence-corrected chi connectivity index (χ3v) is 6.83. The smallest absolute Gasteiger partial charge is 0.365 e. The summed E-state index contributed by atoms with van der Waals surface area (Å²) in [4.78, 5) is 7.15. The molecular formula is C25H29F3N4. The van der Waals surface area contributed by atoms with E-state index in [0.29, 0.717) is 29.2 Å². The van der Waals surface area contributed by atoms with Crippen molar-refractivity contribution in [1.82, 2.24) is 14.8 Å². The van der Waals surface area contributed by atoms with Gasteiger partial charge in [0.2, 0.25) is 0 Å². The van der Waals surface area contributed by atoms with Crippen molar-refractivity contribution in [2.24, 2.45) is 5.92 Å². The van der Waals surface area contributed by atoms with Crippen molar-refractivity contribution in [3.05, 3.63) is 41.1 Å². The first-order chi connectivity index (χ1) is 15.2. The van der Waals surface area contributed by atoms with Gasteiger partial charge < -0.3 is 4.90 Å². The molecule has 0 saturated heterocycles. The Bertz CT molecular complexity index is 1170. The lowest BCUT2D eigenvalue weighted by atomic mass is 9.95. The van der Waals surface area contributed by atoms with Crippen LogP contribution in [0, 0.1) is 12.8 Å². The molecule has 0 spiro atoms. The van der Waals surface area contributed by atoms with E-state index in [9.17, 15) is 13.2 Å². The number of benzene rings is 1. The Hall–Kier alpha value is -2.57. The number of aromatic nitrogens is 3. The van der Waals surface area contributed by atoms with Crippen LogP contribution in [0.1, 0.15) is 62.8 Å². The van der Waals surface area contributed by atoms with E-state index >= 15 is 0 Å². The molecule has 1 fully saturated rings. The average Bonchev–Trinajstić information content (AvgIpc) is 3.48. The van der Waals surface area contributed by atoms with Gasteiger partial charge in [-0.2, -0.15) is 18.3 Å². The molecule has 1 aliphatic heterocycles. The second-order valence-corrected chi connectivity index (χ2v) is 9.63. The molecule has 0 amide bonds. The van der Waals surface area contributed by atoms with Crippen molar-refractivity contribution in [2.75, 3.05) is 11.4 Å². The molecule has 4 nitrogen and oxygen atoms in total. The standard InChI is InChI=1S/C25H29F3N4/c1-5-18-13-32-24-21(31(18)12-16-6-7-16)10-15(4)29-23(24)22(30-32)19-9-8-17(14(2)3)11-20(19)25(26,27)28/h8-11,14,16,18H,5-7,12-13H2,1-4H3/t18-/m0/s1. The highest BCUT2D eigenvalue weighted by atomic mass is 19.4. The minimum Gasteiger partial charge on any atom is -0.365 e. The fourth-order valence-corrected chi connectivity index (χ4v) is 4.85. The number of hydrogen-bond donors (Lipinski definition) is 0. The lowest BCUT2D eigenvalue weighted by Gasteiger charge is -2.37. The van der Waals surface area contributed by atoms with Gasteiger partial charge in [-0.3, -0.25) is 4.68 Å². The summed E-state index contributed by atoms with van der Waals surface area (Å²) in [7, 11) is 0. The van der Waals surface area contributed by atoms with E-state index in [2.05, 4.69) is 17.9 Å². The van der Waals surface area contributed by atoms with E-state index in [1.54, 1.807) is 12.1 Å². The second kappa shape index (κ2) is 7.49. The molecule has 0 N–H and O–H groups in total. The maximum absolute atomic E-state index is 14.1. The van der Waals surface area contributed by atoms with Gasteiger partial charge in [0.1, 0.15) is 16.7 Å². The molecule has 32 heavy (non-hydrogen) atoms. The van der Waals surface area contributed by atoms with Crippen LogP contribution >= 0.6 is 0 Å². The maximum Gasteiger partial charge on any atom is 0.417 e. The van der Waals surface area contributed by atoms with Gasteiger partial charge in [0.25, 0.3) is 0 Å². The highest BCUT2D eigenvalue weighted by molar-refractivity contribution is 5.99. The van der Waals surface area contributed by atoms with Crippen LogP contribution in [-0.2, 0) is 12.7 Å². The summed E-state index contributed by atoms with van der Waals surface area (Å²) >= 11 is 0. The van der Waals surface area contributed by atoms with Crippen molar-refractivity contribution >= 4 is 16.7 Å². The van der Waals surface area contributed by atoms with E-state index in [1.165, 1.54) is 18.9 Å². The predicted octanol–water partition coefficient (Wildman–Crippen LogP) is 6.56. The lowest BCUT2D eigenvalue weighted by Crippen LogP contribution is -2.42. The average molecular weight is 443 g/mol. The predicted molar refractivity (Wildman–Crippen MR) is 121 cm³/mol. The van der Waals surface area contributed by atoms with Crippen molar-refractivity contribution < 1.29 is 13.2 Å². The molecule has 0 bridgehead atoms. The topological polar surface area (TPSA) is 34.0 Å². The Morgan fingerprint density at radius 2 is 1.91 bits per heavy atom. The minimum atomic E-state index is -4.47. The van der Waals surface area contributed by atoms with Crippen molar-refractivity contribution in [3.8, 4) is 11.3 Å². The summed E-state index contributed by atoms with van der Waals surface area (Å²) in [5.41, 5.74) is 3.76. The van der Waals surface area contributed by atoms with Crippen LogP contribution in [0.25, 0.3) is 22.3 Å². The summed E-state index contributed by atoms with van der Waals surface area (Å²) in [6.07, 6.45) is -1.00. The van der Waals surface area contributed by atoms with Crippen LogP contribution in [0.5, 0.6) is 0 Å². The van der Waals surface area contributed by atoms with Crippen LogP contribution in [-0.4, -0.2) is 27.4 Å². The molecule has 170 valence electrons. The van der Waals surface area contributed by atoms with Gasteiger partial charge in [-0.15, -0.1) is 0 Å². The van der Waals surface area contributed by atoms with E-state index < -0.39 is 11.7 Å². The highest BCUT2D eigenvalue weighted by Gasteiger charge is 2.38. The fourth-order valence-electron chi connectivity index (χ4n) is 4.85. The van der Waals surface area contributed by atoms with Crippen LogP contribution < -0.4 is 4.90 Å². The van der Waals surface area contributed by atoms with Gasteiger partial charge in [0, 0.05) is 23.8 Å². The molecule has 1 saturated carbocycles. The quantitative estimate of drug-likeness (QED) is 0.449. The van der Waals surface area contributed by atoms with Gasteiger partial charge >= 0.3 is 6.18 Å². The number of nitrogens with zero attached hydrogens (tertiary/aromatic N) is 4. The number of pyridine rings is 1. The highest BCUT2D eigenvalue weighted by Crippen LogP contribution is 2.44. The molecule has 3 heterocycles. The summed E-state index contributed by atoms with van der Waals surface area (Å²) in [5, 5.41) is 4.73. The second-order valence-electron chi connectivity index (χ2n) is 9.63. The van der Waals surface area contributed by atoms with Crippen molar-refractivity contribution in [3.63, 3.8) is 0 Å². The van der Waals surface area contributed by atoms with E-state index in [4.69, 9.17) is 10.1 Å². The molecule has 2 aliphatic rings. The molecule has 1 aliphatic carbocycles. The van der Waals surface area contributed by atoms with E-state index in [-0.39, 0.29) is 17.5 Å². The molecule has 7 heteroatoms. The van der Waals surface area contributed by atoms with Gasteiger partial charge in [0.05, 0.1) is 17.8 Å². The summed E-state index contributed by atoms with van der Waals surface area (Å²) in [6.45, 7) is 9.54. The van der Waals surface area contributed by atoms with Gasteiger partial charge in [-0.1, -0.05) is 32.9 Å². The largest absolute Gasteiger partial charge is 0.417 e.